The maximum atomic E-state index is 13.1. The first-order chi connectivity index (χ1) is 8.11. The third-order valence-electron chi connectivity index (χ3n) is 2.65. The second-order valence-corrected chi connectivity index (χ2v) is 3.91. The predicted octanol–water partition coefficient (Wildman–Crippen LogP) is 3.52. The summed E-state index contributed by atoms with van der Waals surface area (Å²) in [5, 5.41) is 0. The molecule has 0 spiro atoms. The molecule has 88 valence electrons. The van der Waals surface area contributed by atoms with Gasteiger partial charge in [0.05, 0.1) is 0 Å². The van der Waals surface area contributed by atoms with Crippen molar-refractivity contribution in [1.82, 2.24) is 0 Å². The minimum atomic E-state index is -0.310. The molecule has 1 aromatic carbocycles. The zero-order chi connectivity index (χ0) is 12.4. The summed E-state index contributed by atoms with van der Waals surface area (Å²) >= 11 is 0. The van der Waals surface area contributed by atoms with Crippen molar-refractivity contribution in [2.24, 2.45) is 0 Å². The SMILES string of the molecule is CCc1ccc(C(=O)c2ccc(F)c(C)c2)o1. The van der Waals surface area contributed by atoms with Crippen LogP contribution in [0.25, 0.3) is 0 Å². The first-order valence-electron chi connectivity index (χ1n) is 5.51. The molecule has 0 fully saturated rings. The molecule has 0 bridgehead atoms. The zero-order valence-electron chi connectivity index (χ0n) is 9.79. The monoisotopic (exact) mass is 232 g/mol. The predicted molar refractivity (Wildman–Crippen MR) is 62.7 cm³/mol. The zero-order valence-corrected chi connectivity index (χ0v) is 9.79. The Morgan fingerprint density at radius 3 is 2.65 bits per heavy atom. The van der Waals surface area contributed by atoms with Crippen LogP contribution < -0.4 is 0 Å². The Balaban J connectivity index is 2.33. The molecule has 17 heavy (non-hydrogen) atoms. The van der Waals surface area contributed by atoms with E-state index >= 15 is 0 Å². The lowest BCUT2D eigenvalue weighted by Gasteiger charge is -2.00. The van der Waals surface area contributed by atoms with E-state index in [2.05, 4.69) is 0 Å². The molecule has 0 amide bonds. The Morgan fingerprint density at radius 2 is 2.06 bits per heavy atom. The van der Waals surface area contributed by atoms with Gasteiger partial charge in [-0.15, -0.1) is 0 Å². The van der Waals surface area contributed by atoms with Gasteiger partial charge in [-0.1, -0.05) is 6.92 Å². The molecule has 0 N–H and O–H groups in total. The Kier molecular flexibility index (Phi) is 3.09. The Bertz CT molecular complexity index is 555. The minimum absolute atomic E-state index is 0.215. The molecular formula is C14H13FO2. The van der Waals surface area contributed by atoms with E-state index in [-0.39, 0.29) is 11.6 Å². The highest BCUT2D eigenvalue weighted by Gasteiger charge is 2.14. The number of carbonyl (C=O) groups is 1. The average molecular weight is 232 g/mol. The molecule has 0 unspecified atom stereocenters. The van der Waals surface area contributed by atoms with Crippen LogP contribution in [0.1, 0.15) is 34.4 Å². The van der Waals surface area contributed by atoms with Crippen molar-refractivity contribution < 1.29 is 13.6 Å². The normalized spacial score (nSPS) is 10.5. The van der Waals surface area contributed by atoms with Crippen LogP contribution in [-0.2, 0) is 6.42 Å². The summed E-state index contributed by atoms with van der Waals surface area (Å²) in [5.74, 6) is 0.545. The molecule has 2 nitrogen and oxygen atoms in total. The molecule has 0 aliphatic carbocycles. The largest absolute Gasteiger partial charge is 0.458 e. The number of hydrogen-bond acceptors (Lipinski definition) is 2. The van der Waals surface area contributed by atoms with Crippen LogP contribution in [-0.4, -0.2) is 5.78 Å². The van der Waals surface area contributed by atoms with Crippen LogP contribution in [0, 0.1) is 12.7 Å². The summed E-state index contributed by atoms with van der Waals surface area (Å²) in [7, 11) is 0. The molecular weight excluding hydrogens is 219 g/mol. The second kappa shape index (κ2) is 4.53. The number of ketones is 1. The quantitative estimate of drug-likeness (QED) is 0.758. The molecule has 2 aromatic rings. The van der Waals surface area contributed by atoms with E-state index in [1.54, 1.807) is 19.1 Å². The van der Waals surface area contributed by atoms with Crippen LogP contribution >= 0.6 is 0 Å². The molecule has 0 aliphatic heterocycles. The van der Waals surface area contributed by atoms with Crippen LogP contribution in [0.15, 0.2) is 34.7 Å². The van der Waals surface area contributed by atoms with Crippen LogP contribution in [0.4, 0.5) is 4.39 Å². The van der Waals surface area contributed by atoms with Gasteiger partial charge in [0.2, 0.25) is 5.78 Å². The molecule has 3 heteroatoms. The van der Waals surface area contributed by atoms with Crippen molar-refractivity contribution in [2.75, 3.05) is 0 Å². The second-order valence-electron chi connectivity index (χ2n) is 3.91. The number of halogens is 1. The number of carbonyl (C=O) groups excluding carboxylic acids is 1. The van der Waals surface area contributed by atoms with Gasteiger partial charge in [-0.25, -0.2) is 4.39 Å². The lowest BCUT2D eigenvalue weighted by atomic mass is 10.1. The number of furan rings is 1. The van der Waals surface area contributed by atoms with E-state index in [0.717, 1.165) is 12.2 Å². The van der Waals surface area contributed by atoms with E-state index < -0.39 is 0 Å². The van der Waals surface area contributed by atoms with E-state index in [1.165, 1.54) is 18.2 Å². The van der Waals surface area contributed by atoms with Crippen LogP contribution in [0.2, 0.25) is 0 Å². The Labute approximate surface area is 99.1 Å². The number of aryl methyl sites for hydroxylation is 2. The van der Waals surface area contributed by atoms with Gasteiger partial charge in [0.15, 0.2) is 5.76 Å². The highest BCUT2D eigenvalue weighted by molar-refractivity contribution is 6.07. The molecule has 0 radical (unpaired) electrons. The van der Waals surface area contributed by atoms with Gasteiger partial charge in [0, 0.05) is 12.0 Å². The van der Waals surface area contributed by atoms with Gasteiger partial charge in [-0.05, 0) is 42.8 Å². The van der Waals surface area contributed by atoms with Crippen molar-refractivity contribution in [3.63, 3.8) is 0 Å². The standard InChI is InChI=1S/C14H13FO2/c1-3-11-5-7-13(17-11)14(16)10-4-6-12(15)9(2)8-10/h4-8H,3H2,1-2H3. The van der Waals surface area contributed by atoms with Crippen molar-refractivity contribution in [3.8, 4) is 0 Å². The lowest BCUT2D eigenvalue weighted by Crippen LogP contribution is -2.00. The van der Waals surface area contributed by atoms with E-state index in [1.807, 2.05) is 6.92 Å². The summed E-state index contributed by atoms with van der Waals surface area (Å²) in [6.45, 7) is 3.58. The molecule has 0 saturated heterocycles. The van der Waals surface area contributed by atoms with Crippen molar-refractivity contribution >= 4 is 5.78 Å². The fraction of sp³-hybridized carbons (Fsp3) is 0.214. The van der Waals surface area contributed by atoms with Crippen molar-refractivity contribution in [1.29, 1.82) is 0 Å². The maximum Gasteiger partial charge on any atom is 0.228 e. The number of hydrogen-bond donors (Lipinski definition) is 0. The molecule has 2 rings (SSSR count). The van der Waals surface area contributed by atoms with Gasteiger partial charge in [-0.3, -0.25) is 4.79 Å². The van der Waals surface area contributed by atoms with E-state index in [9.17, 15) is 9.18 Å². The van der Waals surface area contributed by atoms with Crippen LogP contribution in [0.3, 0.4) is 0 Å². The van der Waals surface area contributed by atoms with Crippen molar-refractivity contribution in [2.45, 2.75) is 20.3 Å². The summed E-state index contributed by atoms with van der Waals surface area (Å²) < 4.78 is 18.5. The van der Waals surface area contributed by atoms with Gasteiger partial charge in [0.25, 0.3) is 0 Å². The van der Waals surface area contributed by atoms with Gasteiger partial charge < -0.3 is 4.42 Å². The fourth-order valence-corrected chi connectivity index (χ4v) is 1.62. The van der Waals surface area contributed by atoms with Crippen molar-refractivity contribution in [3.05, 3.63) is 58.8 Å². The molecule has 1 aromatic heterocycles. The molecule has 1 heterocycles. The highest BCUT2D eigenvalue weighted by atomic mass is 19.1. The Hall–Kier alpha value is -1.90. The Morgan fingerprint density at radius 1 is 1.29 bits per heavy atom. The van der Waals surface area contributed by atoms with Gasteiger partial charge in [0.1, 0.15) is 11.6 Å². The van der Waals surface area contributed by atoms with Gasteiger partial charge >= 0.3 is 0 Å². The fourth-order valence-electron chi connectivity index (χ4n) is 1.62. The number of benzene rings is 1. The molecule has 0 saturated carbocycles. The topological polar surface area (TPSA) is 30.2 Å². The first-order valence-corrected chi connectivity index (χ1v) is 5.51. The molecule has 0 atom stereocenters. The van der Waals surface area contributed by atoms with Crippen LogP contribution in [0.5, 0.6) is 0 Å². The molecule has 0 aliphatic rings. The summed E-state index contributed by atoms with van der Waals surface area (Å²) in [6.07, 6.45) is 0.746. The lowest BCUT2D eigenvalue weighted by molar-refractivity contribution is 0.101. The van der Waals surface area contributed by atoms with Gasteiger partial charge in [-0.2, -0.15) is 0 Å². The smallest absolute Gasteiger partial charge is 0.228 e. The average Bonchev–Trinajstić information content (AvgIpc) is 2.80. The summed E-state index contributed by atoms with van der Waals surface area (Å²) in [4.78, 5) is 12.0. The summed E-state index contributed by atoms with van der Waals surface area (Å²) in [6, 6.07) is 7.74. The van der Waals surface area contributed by atoms with E-state index in [4.69, 9.17) is 4.42 Å². The first kappa shape index (κ1) is 11.6. The number of rotatable bonds is 3. The minimum Gasteiger partial charge on any atom is -0.458 e. The maximum absolute atomic E-state index is 13.1. The highest BCUT2D eigenvalue weighted by Crippen LogP contribution is 2.16. The summed E-state index contributed by atoms with van der Waals surface area (Å²) in [5.41, 5.74) is 0.902. The third-order valence-corrected chi connectivity index (χ3v) is 2.65. The third kappa shape index (κ3) is 2.28. The van der Waals surface area contributed by atoms with E-state index in [0.29, 0.717) is 16.9 Å².